The second-order valence-corrected chi connectivity index (χ2v) is 7.33. The molecule has 0 amide bonds. The summed E-state index contributed by atoms with van der Waals surface area (Å²) in [6.07, 6.45) is 3.75. The molecule has 0 aliphatic heterocycles. The third-order valence-electron chi connectivity index (χ3n) is 6.52. The first kappa shape index (κ1) is 13.0. The van der Waals surface area contributed by atoms with Gasteiger partial charge in [0.05, 0.1) is 5.60 Å². The van der Waals surface area contributed by atoms with Crippen LogP contribution in [0.1, 0.15) is 45.6 Å². The van der Waals surface area contributed by atoms with E-state index in [9.17, 15) is 10.2 Å². The first-order valence-corrected chi connectivity index (χ1v) is 7.29. The quantitative estimate of drug-likeness (QED) is 0.854. The van der Waals surface area contributed by atoms with E-state index in [0.29, 0.717) is 18.1 Å². The van der Waals surface area contributed by atoms with Crippen molar-refractivity contribution in [2.24, 2.45) is 16.7 Å². The number of hydrogen-bond donors (Lipinski definition) is 2. The molecule has 104 valence electrons. The van der Waals surface area contributed by atoms with Gasteiger partial charge in [-0.25, -0.2) is 0 Å². The van der Waals surface area contributed by atoms with Crippen LogP contribution in [0.15, 0.2) is 24.3 Å². The summed E-state index contributed by atoms with van der Waals surface area (Å²) in [4.78, 5) is 0. The number of para-hydroxylation sites is 1. The fourth-order valence-corrected chi connectivity index (χ4v) is 4.66. The number of phenols is 1. The van der Waals surface area contributed by atoms with E-state index in [1.807, 2.05) is 18.2 Å². The topological polar surface area (TPSA) is 40.5 Å². The van der Waals surface area contributed by atoms with Gasteiger partial charge in [-0.2, -0.15) is 0 Å². The van der Waals surface area contributed by atoms with Crippen LogP contribution in [0.2, 0.25) is 0 Å². The van der Waals surface area contributed by atoms with E-state index in [1.165, 1.54) is 6.42 Å². The normalized spacial score (nSPS) is 39.7. The molecular formula is C17H24O2. The highest BCUT2D eigenvalue weighted by atomic mass is 16.3. The van der Waals surface area contributed by atoms with Gasteiger partial charge in [0.1, 0.15) is 5.75 Å². The van der Waals surface area contributed by atoms with Gasteiger partial charge in [-0.1, -0.05) is 39.0 Å². The molecule has 0 saturated heterocycles. The Balaban J connectivity index is 1.96. The van der Waals surface area contributed by atoms with Crippen LogP contribution in [0.25, 0.3) is 0 Å². The highest BCUT2D eigenvalue weighted by Gasteiger charge is 2.68. The van der Waals surface area contributed by atoms with Crippen LogP contribution in [0, 0.1) is 16.7 Å². The van der Waals surface area contributed by atoms with Crippen molar-refractivity contribution in [2.45, 2.75) is 52.1 Å². The van der Waals surface area contributed by atoms with E-state index in [0.717, 1.165) is 18.4 Å². The Labute approximate surface area is 115 Å². The summed E-state index contributed by atoms with van der Waals surface area (Å²) >= 11 is 0. The molecule has 3 unspecified atom stereocenters. The van der Waals surface area contributed by atoms with Crippen molar-refractivity contribution >= 4 is 0 Å². The zero-order valence-electron chi connectivity index (χ0n) is 12.1. The van der Waals surface area contributed by atoms with Gasteiger partial charge >= 0.3 is 0 Å². The largest absolute Gasteiger partial charge is 0.508 e. The number of fused-ring (bicyclic) bond motifs is 2. The number of rotatable bonds is 2. The third kappa shape index (κ3) is 1.53. The molecule has 0 heterocycles. The molecule has 2 fully saturated rings. The van der Waals surface area contributed by atoms with Gasteiger partial charge in [0.25, 0.3) is 0 Å². The molecule has 3 rings (SSSR count). The summed E-state index contributed by atoms with van der Waals surface area (Å²) in [7, 11) is 0. The van der Waals surface area contributed by atoms with Gasteiger partial charge in [-0.05, 0) is 42.2 Å². The fourth-order valence-electron chi connectivity index (χ4n) is 4.66. The maximum atomic E-state index is 11.2. The van der Waals surface area contributed by atoms with Crippen LogP contribution >= 0.6 is 0 Å². The summed E-state index contributed by atoms with van der Waals surface area (Å²) in [6.45, 7) is 6.83. The molecule has 1 aromatic rings. The average molecular weight is 260 g/mol. The second-order valence-electron chi connectivity index (χ2n) is 7.33. The van der Waals surface area contributed by atoms with Crippen LogP contribution in [0.3, 0.4) is 0 Å². The average Bonchev–Trinajstić information content (AvgIpc) is 2.64. The molecule has 0 radical (unpaired) electrons. The van der Waals surface area contributed by atoms with Crippen molar-refractivity contribution in [3.63, 3.8) is 0 Å². The van der Waals surface area contributed by atoms with E-state index in [2.05, 4.69) is 20.8 Å². The second kappa shape index (κ2) is 3.76. The Morgan fingerprint density at radius 3 is 2.42 bits per heavy atom. The molecule has 19 heavy (non-hydrogen) atoms. The summed E-state index contributed by atoms with van der Waals surface area (Å²) in [5.74, 6) is 0.911. The van der Waals surface area contributed by atoms with Crippen LogP contribution in [0.4, 0.5) is 0 Å². The van der Waals surface area contributed by atoms with Crippen molar-refractivity contribution in [1.29, 1.82) is 0 Å². The molecule has 2 aliphatic rings. The number of benzene rings is 1. The van der Waals surface area contributed by atoms with Gasteiger partial charge < -0.3 is 10.2 Å². The smallest absolute Gasteiger partial charge is 0.118 e. The van der Waals surface area contributed by atoms with Crippen LogP contribution < -0.4 is 0 Å². The Hall–Kier alpha value is -1.02. The van der Waals surface area contributed by atoms with E-state index < -0.39 is 5.60 Å². The van der Waals surface area contributed by atoms with Crippen molar-refractivity contribution in [1.82, 2.24) is 0 Å². The zero-order chi connectivity index (χ0) is 13.9. The first-order chi connectivity index (χ1) is 8.80. The van der Waals surface area contributed by atoms with Crippen LogP contribution in [-0.4, -0.2) is 15.8 Å². The summed E-state index contributed by atoms with van der Waals surface area (Å²) in [5, 5.41) is 21.2. The number of aromatic hydroxyl groups is 1. The van der Waals surface area contributed by atoms with Crippen molar-refractivity contribution in [3.8, 4) is 5.75 Å². The van der Waals surface area contributed by atoms with Crippen LogP contribution in [0.5, 0.6) is 5.75 Å². The summed E-state index contributed by atoms with van der Waals surface area (Å²) in [6, 6.07) is 7.39. The number of phenolic OH excluding ortho intramolecular Hbond substituents is 1. The maximum absolute atomic E-state index is 11.2. The lowest BCUT2D eigenvalue weighted by atomic mass is 9.63. The molecule has 0 spiro atoms. The van der Waals surface area contributed by atoms with Gasteiger partial charge in [0.15, 0.2) is 0 Å². The molecule has 2 aliphatic carbocycles. The minimum atomic E-state index is -0.682. The van der Waals surface area contributed by atoms with E-state index in [-0.39, 0.29) is 10.8 Å². The SMILES string of the molecule is CC1(C)C2CCC1(C)C(O)(Cc1ccccc1O)C2. The minimum absolute atomic E-state index is 0.0487. The predicted molar refractivity (Wildman–Crippen MR) is 76.0 cm³/mol. The lowest BCUT2D eigenvalue weighted by Crippen LogP contribution is -2.48. The van der Waals surface area contributed by atoms with E-state index in [4.69, 9.17) is 0 Å². The molecular weight excluding hydrogens is 236 g/mol. The van der Waals surface area contributed by atoms with Gasteiger partial charge in [-0.15, -0.1) is 0 Å². The Morgan fingerprint density at radius 2 is 1.89 bits per heavy atom. The first-order valence-electron chi connectivity index (χ1n) is 7.29. The molecule has 2 nitrogen and oxygen atoms in total. The van der Waals surface area contributed by atoms with Crippen molar-refractivity contribution in [3.05, 3.63) is 29.8 Å². The summed E-state index contributed by atoms with van der Waals surface area (Å²) in [5.41, 5.74) is 0.326. The molecule has 1 aromatic carbocycles. The van der Waals surface area contributed by atoms with E-state index in [1.54, 1.807) is 6.07 Å². The molecule has 2 bridgehead atoms. The lowest BCUT2D eigenvalue weighted by molar-refractivity contribution is -0.0888. The fraction of sp³-hybridized carbons (Fsp3) is 0.647. The van der Waals surface area contributed by atoms with Gasteiger partial charge in [0.2, 0.25) is 0 Å². The standard InChI is InChI=1S/C17H24O2/c1-15(2)13-8-9-16(15,3)17(19,11-13)10-12-6-4-5-7-14(12)18/h4-7,13,18-19H,8-11H2,1-3H3. The number of hydrogen-bond acceptors (Lipinski definition) is 2. The third-order valence-corrected chi connectivity index (χ3v) is 6.52. The van der Waals surface area contributed by atoms with E-state index >= 15 is 0 Å². The monoisotopic (exact) mass is 260 g/mol. The highest BCUT2D eigenvalue weighted by Crippen LogP contribution is 2.70. The molecule has 0 aromatic heterocycles. The predicted octanol–water partition coefficient (Wildman–Crippen LogP) is 3.51. The minimum Gasteiger partial charge on any atom is -0.508 e. The van der Waals surface area contributed by atoms with Crippen LogP contribution in [-0.2, 0) is 6.42 Å². The molecule has 2 heteroatoms. The Kier molecular flexibility index (Phi) is 2.57. The van der Waals surface area contributed by atoms with Gasteiger partial charge in [-0.3, -0.25) is 0 Å². The highest BCUT2D eigenvalue weighted by molar-refractivity contribution is 5.35. The molecule has 2 saturated carbocycles. The Morgan fingerprint density at radius 1 is 1.21 bits per heavy atom. The summed E-state index contributed by atoms with van der Waals surface area (Å²) < 4.78 is 0. The molecule has 2 N–H and O–H groups in total. The van der Waals surface area contributed by atoms with Crippen molar-refractivity contribution < 1.29 is 10.2 Å². The Bertz CT molecular complexity index is 508. The lowest BCUT2D eigenvalue weighted by Gasteiger charge is -2.45. The number of aliphatic hydroxyl groups is 1. The zero-order valence-corrected chi connectivity index (χ0v) is 12.1. The van der Waals surface area contributed by atoms with Crippen molar-refractivity contribution in [2.75, 3.05) is 0 Å². The van der Waals surface area contributed by atoms with Gasteiger partial charge in [0, 0.05) is 11.8 Å². The maximum Gasteiger partial charge on any atom is 0.118 e. The molecule has 3 atom stereocenters.